The lowest BCUT2D eigenvalue weighted by Crippen LogP contribution is -2.54. The standard InChI is InChI=1S/C22H20F5N3O3/c1-11-9-30(6-7-31-11)16-10-32-17-8-12(23)2-3-13(17)18(16)29-19-14(24)4-5-15-20(19)33-21(28-15)22(25,26)27/h2-5,8,11,16,18,29H,6-7,9-10H2,1H3/t11-,16+,18+/m1/s1. The summed E-state index contributed by atoms with van der Waals surface area (Å²) in [7, 11) is 0. The van der Waals surface area contributed by atoms with E-state index in [9.17, 15) is 22.0 Å². The molecule has 0 spiro atoms. The van der Waals surface area contributed by atoms with E-state index in [1.807, 2.05) is 6.92 Å². The van der Waals surface area contributed by atoms with E-state index in [1.54, 1.807) is 0 Å². The summed E-state index contributed by atoms with van der Waals surface area (Å²) in [5.41, 5.74) is -0.163. The number of hydrogen-bond acceptors (Lipinski definition) is 6. The highest BCUT2D eigenvalue weighted by atomic mass is 19.4. The van der Waals surface area contributed by atoms with E-state index in [0.29, 0.717) is 25.3 Å². The van der Waals surface area contributed by atoms with Gasteiger partial charge in [-0.2, -0.15) is 13.2 Å². The molecule has 1 N–H and O–H groups in total. The maximum Gasteiger partial charge on any atom is 0.468 e. The van der Waals surface area contributed by atoms with Crippen molar-refractivity contribution in [3.05, 3.63) is 53.4 Å². The van der Waals surface area contributed by atoms with E-state index in [2.05, 4.69) is 15.2 Å². The van der Waals surface area contributed by atoms with Gasteiger partial charge < -0.3 is 19.2 Å². The number of alkyl halides is 3. The van der Waals surface area contributed by atoms with Crippen LogP contribution in [0.2, 0.25) is 0 Å². The van der Waals surface area contributed by atoms with Crippen LogP contribution in [0.25, 0.3) is 11.1 Å². The molecule has 3 atom stereocenters. The third-order valence-corrected chi connectivity index (χ3v) is 5.90. The summed E-state index contributed by atoms with van der Waals surface area (Å²) in [6, 6.07) is 5.22. The van der Waals surface area contributed by atoms with Gasteiger partial charge in [0.2, 0.25) is 0 Å². The van der Waals surface area contributed by atoms with E-state index < -0.39 is 29.7 Å². The zero-order valence-electron chi connectivity index (χ0n) is 17.5. The predicted molar refractivity (Wildman–Crippen MR) is 108 cm³/mol. The SMILES string of the molecule is C[C@@H]1CN([C@H]2COc3cc(F)ccc3[C@@H]2Nc2c(F)ccc3nc(C(F)(F)F)oc23)CCO1. The first kappa shape index (κ1) is 21.9. The average Bonchev–Trinajstić information content (AvgIpc) is 3.21. The van der Waals surface area contributed by atoms with Crippen LogP contribution in [0.4, 0.5) is 27.6 Å². The number of halogens is 5. The van der Waals surface area contributed by atoms with Gasteiger partial charge in [-0.15, -0.1) is 0 Å². The number of aromatic nitrogens is 1. The minimum Gasteiger partial charge on any atom is -0.491 e. The highest BCUT2D eigenvalue weighted by Gasteiger charge is 2.40. The van der Waals surface area contributed by atoms with E-state index in [0.717, 1.165) is 12.1 Å². The summed E-state index contributed by atoms with van der Waals surface area (Å²) in [4.78, 5) is 5.56. The summed E-state index contributed by atoms with van der Waals surface area (Å²) >= 11 is 0. The number of rotatable bonds is 3. The number of nitrogens with zero attached hydrogens (tertiary/aromatic N) is 2. The lowest BCUT2D eigenvalue weighted by molar-refractivity contribution is -0.156. The van der Waals surface area contributed by atoms with Crippen molar-refractivity contribution in [3.8, 4) is 5.75 Å². The van der Waals surface area contributed by atoms with Gasteiger partial charge in [0.1, 0.15) is 35.2 Å². The smallest absolute Gasteiger partial charge is 0.468 e. The molecule has 2 aliphatic heterocycles. The van der Waals surface area contributed by atoms with Crippen molar-refractivity contribution in [2.45, 2.75) is 31.3 Å². The lowest BCUT2D eigenvalue weighted by Gasteiger charge is -2.43. The maximum atomic E-state index is 14.9. The maximum absolute atomic E-state index is 14.9. The first-order valence-corrected chi connectivity index (χ1v) is 10.4. The Morgan fingerprint density at radius 1 is 1.15 bits per heavy atom. The Bertz CT molecular complexity index is 1180. The van der Waals surface area contributed by atoms with Gasteiger partial charge in [0.25, 0.3) is 0 Å². The number of morpholine rings is 1. The molecular weight excluding hydrogens is 449 g/mol. The number of anilines is 1. The van der Waals surface area contributed by atoms with Gasteiger partial charge in [-0.05, 0) is 25.1 Å². The highest BCUT2D eigenvalue weighted by molar-refractivity contribution is 5.87. The minimum atomic E-state index is -4.82. The number of benzene rings is 2. The number of fused-ring (bicyclic) bond motifs is 2. The van der Waals surface area contributed by atoms with E-state index >= 15 is 0 Å². The molecule has 11 heteroatoms. The van der Waals surface area contributed by atoms with Crippen molar-refractivity contribution in [1.82, 2.24) is 9.88 Å². The fraction of sp³-hybridized carbons (Fsp3) is 0.409. The number of nitrogens with one attached hydrogen (secondary N) is 1. The van der Waals surface area contributed by atoms with Crippen LogP contribution in [0, 0.1) is 11.6 Å². The zero-order chi connectivity index (χ0) is 23.3. The number of ether oxygens (including phenoxy) is 2. The van der Waals surface area contributed by atoms with Crippen molar-refractivity contribution in [1.29, 1.82) is 0 Å². The Hall–Kier alpha value is -2.92. The van der Waals surface area contributed by atoms with Crippen molar-refractivity contribution >= 4 is 16.8 Å². The summed E-state index contributed by atoms with van der Waals surface area (Å²) in [5.74, 6) is -2.47. The first-order valence-electron chi connectivity index (χ1n) is 10.4. The third-order valence-electron chi connectivity index (χ3n) is 5.90. The van der Waals surface area contributed by atoms with Crippen LogP contribution in [0.1, 0.15) is 24.4 Å². The Labute approximate surface area is 185 Å². The molecule has 0 saturated carbocycles. The van der Waals surface area contributed by atoms with Gasteiger partial charge in [0, 0.05) is 24.7 Å². The van der Waals surface area contributed by atoms with Crippen LogP contribution >= 0.6 is 0 Å². The topological polar surface area (TPSA) is 59.8 Å². The van der Waals surface area contributed by atoms with Gasteiger partial charge in [-0.3, -0.25) is 4.90 Å². The molecule has 5 rings (SSSR count). The highest BCUT2D eigenvalue weighted by Crippen LogP contribution is 2.41. The van der Waals surface area contributed by atoms with Crippen molar-refractivity contribution in [3.63, 3.8) is 0 Å². The van der Waals surface area contributed by atoms with Gasteiger partial charge in [0.15, 0.2) is 5.58 Å². The molecule has 0 aliphatic carbocycles. The molecule has 0 radical (unpaired) electrons. The number of oxazole rings is 1. The lowest BCUT2D eigenvalue weighted by atomic mass is 9.94. The Morgan fingerprint density at radius 2 is 1.97 bits per heavy atom. The van der Waals surface area contributed by atoms with Gasteiger partial charge >= 0.3 is 12.1 Å². The summed E-state index contributed by atoms with van der Waals surface area (Å²) < 4.78 is 84.5. The van der Waals surface area contributed by atoms with E-state index in [1.165, 1.54) is 18.2 Å². The molecule has 2 aliphatic rings. The van der Waals surface area contributed by atoms with Crippen LogP contribution in [0.3, 0.4) is 0 Å². The van der Waals surface area contributed by atoms with Gasteiger partial charge in [0.05, 0.1) is 24.8 Å². The summed E-state index contributed by atoms with van der Waals surface area (Å²) in [5, 5.41) is 3.03. The van der Waals surface area contributed by atoms with E-state index in [-0.39, 0.29) is 41.3 Å². The monoisotopic (exact) mass is 469 g/mol. The van der Waals surface area contributed by atoms with Crippen LogP contribution in [0.15, 0.2) is 34.7 Å². The van der Waals surface area contributed by atoms with Crippen molar-refractivity contribution in [2.24, 2.45) is 0 Å². The van der Waals surface area contributed by atoms with Crippen LogP contribution in [-0.4, -0.2) is 48.3 Å². The normalized spacial score (nSPS) is 23.9. The molecule has 6 nitrogen and oxygen atoms in total. The Morgan fingerprint density at radius 3 is 2.73 bits per heavy atom. The molecular formula is C22H20F5N3O3. The van der Waals surface area contributed by atoms with Gasteiger partial charge in [-0.25, -0.2) is 13.8 Å². The number of hydrogen-bond donors (Lipinski definition) is 1. The Balaban J connectivity index is 1.58. The average molecular weight is 469 g/mol. The molecule has 0 unspecified atom stereocenters. The molecule has 1 fully saturated rings. The second-order valence-electron chi connectivity index (χ2n) is 8.15. The fourth-order valence-corrected chi connectivity index (χ4v) is 4.38. The van der Waals surface area contributed by atoms with E-state index in [4.69, 9.17) is 13.9 Å². The summed E-state index contributed by atoms with van der Waals surface area (Å²) in [6.45, 7) is 3.75. The molecule has 1 saturated heterocycles. The minimum absolute atomic E-state index is 0.0437. The molecule has 2 aromatic carbocycles. The quantitative estimate of drug-likeness (QED) is 0.559. The van der Waals surface area contributed by atoms with Crippen molar-refractivity contribution in [2.75, 3.05) is 31.6 Å². The molecule has 0 amide bonds. The predicted octanol–water partition coefficient (Wildman–Crippen LogP) is 4.76. The van der Waals surface area contributed by atoms with Crippen molar-refractivity contribution < 1.29 is 35.8 Å². The molecule has 3 aromatic rings. The fourth-order valence-electron chi connectivity index (χ4n) is 4.38. The largest absolute Gasteiger partial charge is 0.491 e. The molecule has 33 heavy (non-hydrogen) atoms. The molecule has 1 aromatic heterocycles. The second-order valence-corrected chi connectivity index (χ2v) is 8.15. The van der Waals surface area contributed by atoms with Crippen LogP contribution < -0.4 is 10.1 Å². The second kappa shape index (κ2) is 8.14. The van der Waals surface area contributed by atoms with Gasteiger partial charge in [-0.1, -0.05) is 6.07 Å². The third kappa shape index (κ3) is 4.10. The Kier molecular flexibility index (Phi) is 5.40. The van der Waals surface area contributed by atoms with Crippen LogP contribution in [0.5, 0.6) is 5.75 Å². The van der Waals surface area contributed by atoms with Crippen LogP contribution in [-0.2, 0) is 10.9 Å². The summed E-state index contributed by atoms with van der Waals surface area (Å²) in [6.07, 6.45) is -4.86. The zero-order valence-corrected chi connectivity index (χ0v) is 17.5. The molecule has 0 bridgehead atoms. The first-order chi connectivity index (χ1) is 15.7. The molecule has 3 heterocycles. The molecule has 176 valence electrons.